The van der Waals surface area contributed by atoms with Crippen LogP contribution in [0.4, 0.5) is 0 Å². The molecule has 0 saturated carbocycles. The second-order valence-electron chi connectivity index (χ2n) is 16.6. The number of aliphatic hydroxyl groups excluding tert-OH is 3. The number of allylic oxidation sites excluding steroid dienone is 18. The Kier molecular flexibility index (Phi) is 45.7. The van der Waals surface area contributed by atoms with E-state index in [2.05, 4.69) is 62.3 Å². The van der Waals surface area contributed by atoms with Crippen molar-refractivity contribution >= 4 is 27.6 Å². The lowest BCUT2D eigenvalue weighted by molar-refractivity contribution is -0.148. The average molecular weight is 1030 g/mol. The summed E-state index contributed by atoms with van der Waals surface area (Å²) >= 11 is 0. The molecule has 0 aliphatic carbocycles. The number of ether oxygens (including phenoxy) is 2. The van der Waals surface area contributed by atoms with E-state index in [4.69, 9.17) is 9.47 Å². The minimum Gasteiger partial charge on any atom is -0.463 e. The lowest BCUT2D eigenvalue weighted by Gasteiger charge is -2.19. The van der Waals surface area contributed by atoms with Gasteiger partial charge in [-0.1, -0.05) is 187 Å². The molecule has 5 atom stereocenters. The summed E-state index contributed by atoms with van der Waals surface area (Å²) in [5.74, 6) is -1.05. The molecule has 0 aromatic heterocycles. The van der Waals surface area contributed by atoms with Gasteiger partial charge in [0.05, 0.1) is 26.4 Å². The fourth-order valence-corrected chi connectivity index (χ4v) is 7.58. The van der Waals surface area contributed by atoms with Crippen molar-refractivity contribution < 1.29 is 71.4 Å². The predicted octanol–water partition coefficient (Wildman–Crippen LogP) is 12.1. The molecule has 0 heterocycles. The molecule has 0 rings (SSSR count). The summed E-state index contributed by atoms with van der Waals surface area (Å²) in [5, 5.41) is 30.1. The first kappa shape index (κ1) is 66.7. The van der Waals surface area contributed by atoms with Gasteiger partial charge in [0, 0.05) is 12.8 Å². The van der Waals surface area contributed by atoms with Crippen molar-refractivity contribution in [3.8, 4) is 0 Å². The average Bonchev–Trinajstić information content (AvgIpc) is 3.34. The van der Waals surface area contributed by atoms with E-state index in [1.54, 1.807) is 0 Å². The predicted molar refractivity (Wildman–Crippen MR) is 279 cm³/mol. The summed E-state index contributed by atoms with van der Waals surface area (Å²) in [4.78, 5) is 43.8. The number of rotatable bonds is 47. The molecule has 0 fully saturated rings. The number of hydrogen-bond acceptors (Lipinski definition) is 13. The van der Waals surface area contributed by atoms with Gasteiger partial charge in [0.2, 0.25) is 0 Å². The van der Waals surface area contributed by atoms with Gasteiger partial charge >= 0.3 is 27.6 Å². The number of unbranched alkanes of at least 4 members (excludes halogenated alkanes) is 15. The van der Waals surface area contributed by atoms with Gasteiger partial charge < -0.3 is 34.6 Å². The smallest absolute Gasteiger partial charge is 0.463 e. The van der Waals surface area contributed by atoms with Crippen LogP contribution in [0.3, 0.4) is 0 Å². The molecule has 0 amide bonds. The van der Waals surface area contributed by atoms with Crippen LogP contribution >= 0.6 is 15.6 Å². The first-order chi connectivity index (χ1) is 33.8. The summed E-state index contributed by atoms with van der Waals surface area (Å²) in [5.41, 5.74) is 0. The van der Waals surface area contributed by atoms with E-state index >= 15 is 0 Å². The van der Waals surface area contributed by atoms with E-state index in [0.29, 0.717) is 12.8 Å². The van der Waals surface area contributed by atoms with Crippen LogP contribution < -0.4 is 0 Å². The van der Waals surface area contributed by atoms with Gasteiger partial charge in [0.15, 0.2) is 0 Å². The molecule has 70 heavy (non-hydrogen) atoms. The Morgan fingerprint density at radius 2 is 0.714 bits per heavy atom. The molecule has 17 heteroatoms. The summed E-state index contributed by atoms with van der Waals surface area (Å²) in [6, 6.07) is 0. The lowest BCUT2D eigenvalue weighted by atomic mass is 10.1. The monoisotopic (exact) mass is 1030 g/mol. The zero-order valence-corrected chi connectivity index (χ0v) is 43.9. The number of hydrogen-bond donors (Lipinski definition) is 5. The number of carbonyl (C=O) groups excluding carboxylic acids is 2. The van der Waals surface area contributed by atoms with Gasteiger partial charge in [-0.3, -0.25) is 27.7 Å². The van der Waals surface area contributed by atoms with Crippen LogP contribution in [0.25, 0.3) is 0 Å². The highest BCUT2D eigenvalue weighted by Crippen LogP contribution is 2.45. The number of phosphoric ester groups is 2. The van der Waals surface area contributed by atoms with Crippen molar-refractivity contribution in [2.45, 2.75) is 173 Å². The minimum atomic E-state index is -4.81. The van der Waals surface area contributed by atoms with E-state index in [1.807, 2.05) is 79.0 Å². The molecule has 0 aliphatic heterocycles. The maximum atomic E-state index is 12.2. The topological polar surface area (TPSA) is 225 Å². The quantitative estimate of drug-likeness (QED) is 0.0126. The maximum Gasteiger partial charge on any atom is 0.472 e. The Balaban J connectivity index is 3.95. The molecule has 0 spiro atoms. The van der Waals surface area contributed by atoms with Crippen LogP contribution in [0.1, 0.15) is 155 Å². The largest absolute Gasteiger partial charge is 0.472 e. The molecule has 0 radical (unpaired) electrons. The molecule has 400 valence electrons. The van der Waals surface area contributed by atoms with Gasteiger partial charge in [-0.2, -0.15) is 0 Å². The van der Waals surface area contributed by atoms with E-state index in [0.717, 1.165) is 57.8 Å². The van der Waals surface area contributed by atoms with Gasteiger partial charge in [-0.15, -0.1) is 0 Å². The third-order valence-electron chi connectivity index (χ3n) is 9.91. The van der Waals surface area contributed by atoms with E-state index in [-0.39, 0.29) is 12.8 Å². The first-order valence-electron chi connectivity index (χ1n) is 25.3. The Morgan fingerprint density at radius 1 is 0.400 bits per heavy atom. The van der Waals surface area contributed by atoms with E-state index in [9.17, 15) is 43.8 Å². The highest BCUT2D eigenvalue weighted by Gasteiger charge is 2.28. The van der Waals surface area contributed by atoms with Crippen LogP contribution in [-0.2, 0) is 46.3 Å². The number of phosphoric acid groups is 2. The third kappa shape index (κ3) is 49.7. The Hall–Kier alpha value is -3.30. The normalized spacial score (nSPS) is 15.8. The number of carbonyl (C=O) groups is 2. The van der Waals surface area contributed by atoms with Crippen LogP contribution in [-0.4, -0.2) is 95.0 Å². The van der Waals surface area contributed by atoms with Gasteiger partial charge in [-0.05, 0) is 64.2 Å². The first-order valence-corrected chi connectivity index (χ1v) is 28.3. The van der Waals surface area contributed by atoms with Crippen molar-refractivity contribution in [1.29, 1.82) is 0 Å². The van der Waals surface area contributed by atoms with Crippen LogP contribution in [0.15, 0.2) is 109 Å². The highest BCUT2D eigenvalue weighted by molar-refractivity contribution is 7.47. The third-order valence-corrected chi connectivity index (χ3v) is 11.8. The fourth-order valence-electron chi connectivity index (χ4n) is 5.99. The van der Waals surface area contributed by atoms with Crippen molar-refractivity contribution in [3.05, 3.63) is 109 Å². The zero-order valence-electron chi connectivity index (χ0n) is 42.1. The maximum absolute atomic E-state index is 12.2. The highest BCUT2D eigenvalue weighted by atomic mass is 31.2. The lowest BCUT2D eigenvalue weighted by Crippen LogP contribution is -2.25. The molecule has 0 aromatic carbocycles. The zero-order chi connectivity index (χ0) is 51.7. The Morgan fingerprint density at radius 3 is 1.11 bits per heavy atom. The molecule has 0 bridgehead atoms. The van der Waals surface area contributed by atoms with Gasteiger partial charge in [0.25, 0.3) is 0 Å². The molecular formula is C53H88O15P2. The second kappa shape index (κ2) is 48.0. The van der Waals surface area contributed by atoms with Crippen molar-refractivity contribution in [3.63, 3.8) is 0 Å². The van der Waals surface area contributed by atoms with Gasteiger partial charge in [-0.25, -0.2) is 9.13 Å². The Labute approximate surface area is 420 Å². The Bertz CT molecular complexity index is 1670. The van der Waals surface area contributed by atoms with E-state index < -0.39 is 85.5 Å². The molecule has 5 unspecified atom stereocenters. The van der Waals surface area contributed by atoms with Crippen molar-refractivity contribution in [2.75, 3.05) is 39.6 Å². The summed E-state index contributed by atoms with van der Waals surface area (Å²) < 4.78 is 53.0. The van der Waals surface area contributed by atoms with Gasteiger partial charge in [0.1, 0.15) is 31.5 Å². The molecule has 0 aromatic rings. The van der Waals surface area contributed by atoms with Crippen LogP contribution in [0.2, 0.25) is 0 Å². The van der Waals surface area contributed by atoms with Crippen LogP contribution in [0.5, 0.6) is 0 Å². The summed E-state index contributed by atoms with van der Waals surface area (Å²) in [6.45, 7) is 0.170. The number of aliphatic hydroxyl groups is 3. The van der Waals surface area contributed by atoms with Crippen molar-refractivity contribution in [2.24, 2.45) is 0 Å². The van der Waals surface area contributed by atoms with Crippen LogP contribution in [0, 0.1) is 0 Å². The minimum absolute atomic E-state index is 0.137. The molecular weight excluding hydrogens is 939 g/mol. The van der Waals surface area contributed by atoms with Crippen molar-refractivity contribution in [1.82, 2.24) is 0 Å². The summed E-state index contributed by atoms with van der Waals surface area (Å²) in [7, 11) is -9.61. The molecule has 15 nitrogen and oxygen atoms in total. The van der Waals surface area contributed by atoms with E-state index in [1.165, 1.54) is 57.8 Å². The molecule has 0 aliphatic rings. The second-order valence-corrected chi connectivity index (χ2v) is 19.5. The molecule has 5 N–H and O–H groups in total. The number of esters is 2. The molecule has 0 saturated heterocycles. The fraction of sp³-hybridized carbons (Fsp3) is 0.623. The standard InChI is InChI=1S/C53H88O15P2/c1-3-5-7-9-11-13-15-17-19-21-23-25-27-29-31-33-35-37-39-41-52(57)63-43-49(54)45-65-69(59,60)67-47-51(56)48-68-70(61,62)66-46-50(55)44-64-53(58)42-40-38-36-34-32-30-28-26-24-22-20-18-16-14-12-10-8-6-4-2/h5,7,9,11-15,17-21,23,25,27,29,31,49-51,54-56H,3-4,6,8,10,16,22,24,26,28,30,32-48H2,1-2H3,(H,59,60)(H,61,62)/b7-5+,11-9+,14-12-,15-13-,19-17+,20-18-,23-21+,27-25+,31-29+. The SMILES string of the molecule is CC/C=C/C=C/C=C\C=C\C=C\C=C\C=C\CCCCCC(=O)OCC(O)COP(=O)(O)OCC(O)COP(=O)(O)OCC(O)COC(=O)CCCCCCCCCCC/C=C\C/C=C\CCCCC. The summed E-state index contributed by atoms with van der Waals surface area (Å²) in [6.07, 6.45) is 53.5.